The molecule has 0 bridgehead atoms. The van der Waals surface area contributed by atoms with Crippen molar-refractivity contribution in [3.8, 4) is 0 Å². The minimum absolute atomic E-state index is 0.0578. The molecule has 0 saturated carbocycles. The fourth-order valence-corrected chi connectivity index (χ4v) is 2.56. The number of aryl methyl sites for hydroxylation is 1. The van der Waals surface area contributed by atoms with Gasteiger partial charge in [0.05, 0.1) is 6.04 Å². The first-order valence-electron chi connectivity index (χ1n) is 7.37. The molecular formula is C16H25N3O. The summed E-state index contributed by atoms with van der Waals surface area (Å²) in [5.74, 6) is 6.63. The highest BCUT2D eigenvalue weighted by Gasteiger charge is 2.16. The fourth-order valence-electron chi connectivity index (χ4n) is 2.56. The number of rotatable bonds is 7. The molecule has 0 saturated heterocycles. The number of hydrogen-bond donors (Lipinski definition) is 2. The maximum absolute atomic E-state index is 5.99. The van der Waals surface area contributed by atoms with E-state index in [0.717, 1.165) is 48.3 Å². The number of nitrogens with one attached hydrogen (secondary N) is 1. The van der Waals surface area contributed by atoms with Crippen LogP contribution in [0.4, 0.5) is 0 Å². The lowest BCUT2D eigenvalue weighted by Gasteiger charge is -2.21. The third-order valence-electron chi connectivity index (χ3n) is 3.93. The van der Waals surface area contributed by atoms with Gasteiger partial charge in [0, 0.05) is 11.9 Å². The summed E-state index contributed by atoms with van der Waals surface area (Å²) in [7, 11) is 0. The number of nitrogens with zero attached hydrogens (tertiary/aromatic N) is 1. The maximum Gasteiger partial charge on any atom is 0.137 e. The Bertz CT molecular complexity index is 546. The summed E-state index contributed by atoms with van der Waals surface area (Å²) in [6.07, 6.45) is 0.942. The van der Waals surface area contributed by atoms with Gasteiger partial charge in [-0.3, -0.25) is 5.84 Å². The third kappa shape index (κ3) is 3.20. The highest BCUT2D eigenvalue weighted by Crippen LogP contribution is 2.27. The second-order valence-corrected chi connectivity index (χ2v) is 5.18. The van der Waals surface area contributed by atoms with E-state index in [1.54, 1.807) is 0 Å². The lowest BCUT2D eigenvalue weighted by molar-refractivity contribution is 0.273. The normalized spacial score (nSPS) is 13.2. The minimum Gasteiger partial charge on any atom is -0.459 e. The van der Waals surface area contributed by atoms with Crippen molar-refractivity contribution in [2.75, 3.05) is 19.6 Å². The van der Waals surface area contributed by atoms with Crippen LogP contribution < -0.4 is 11.3 Å². The average molecular weight is 275 g/mol. The first-order valence-corrected chi connectivity index (χ1v) is 7.37. The van der Waals surface area contributed by atoms with Crippen LogP contribution in [0, 0.1) is 6.92 Å². The molecule has 0 aliphatic rings. The number of hydrogen-bond acceptors (Lipinski definition) is 4. The van der Waals surface area contributed by atoms with Crippen molar-refractivity contribution in [2.45, 2.75) is 33.2 Å². The first kappa shape index (κ1) is 15.0. The molecule has 1 aromatic carbocycles. The lowest BCUT2D eigenvalue weighted by Crippen LogP contribution is -2.32. The first-order chi connectivity index (χ1) is 9.69. The van der Waals surface area contributed by atoms with Gasteiger partial charge in [-0.05, 0) is 38.1 Å². The van der Waals surface area contributed by atoms with E-state index in [9.17, 15) is 0 Å². The van der Waals surface area contributed by atoms with E-state index in [2.05, 4.69) is 55.4 Å². The highest BCUT2D eigenvalue weighted by atomic mass is 16.3. The zero-order chi connectivity index (χ0) is 14.5. The number of para-hydroxylation sites is 1. The molecule has 4 heteroatoms. The van der Waals surface area contributed by atoms with Crippen LogP contribution in [0.5, 0.6) is 0 Å². The van der Waals surface area contributed by atoms with Crippen molar-refractivity contribution in [2.24, 2.45) is 5.84 Å². The Morgan fingerprint density at radius 1 is 1.30 bits per heavy atom. The van der Waals surface area contributed by atoms with Crippen molar-refractivity contribution in [1.82, 2.24) is 10.3 Å². The summed E-state index contributed by atoms with van der Waals surface area (Å²) in [4.78, 5) is 2.39. The molecule has 3 N–H and O–H groups in total. The van der Waals surface area contributed by atoms with Crippen LogP contribution >= 0.6 is 0 Å². The fraction of sp³-hybridized carbons (Fsp3) is 0.500. The number of benzene rings is 1. The van der Waals surface area contributed by atoms with Crippen molar-refractivity contribution in [3.63, 3.8) is 0 Å². The van der Waals surface area contributed by atoms with E-state index < -0.39 is 0 Å². The van der Waals surface area contributed by atoms with Gasteiger partial charge < -0.3 is 9.32 Å². The minimum atomic E-state index is 0.0578. The number of hydrazine groups is 1. The van der Waals surface area contributed by atoms with Crippen LogP contribution in [-0.2, 0) is 0 Å². The molecule has 0 radical (unpaired) electrons. The second-order valence-electron chi connectivity index (χ2n) is 5.18. The molecule has 0 aliphatic carbocycles. The number of fused-ring (bicyclic) bond motifs is 1. The Balaban J connectivity index is 2.15. The van der Waals surface area contributed by atoms with E-state index in [1.807, 2.05) is 0 Å². The standard InChI is InChI=1S/C16H25N3O/c1-4-19(5-2)10-9-14(18-17)15-11-13-8-6-7-12(3)16(13)20-15/h6-8,11,14,18H,4-5,9-10,17H2,1-3H3. The summed E-state index contributed by atoms with van der Waals surface area (Å²) in [6, 6.07) is 8.35. The summed E-state index contributed by atoms with van der Waals surface area (Å²) in [5, 5.41) is 1.14. The Morgan fingerprint density at radius 3 is 2.65 bits per heavy atom. The monoisotopic (exact) mass is 275 g/mol. The van der Waals surface area contributed by atoms with E-state index in [1.165, 1.54) is 0 Å². The van der Waals surface area contributed by atoms with E-state index in [0.29, 0.717) is 0 Å². The van der Waals surface area contributed by atoms with Gasteiger partial charge in [0.1, 0.15) is 11.3 Å². The quantitative estimate of drug-likeness (QED) is 0.602. The summed E-state index contributed by atoms with van der Waals surface area (Å²) < 4.78 is 5.99. The van der Waals surface area contributed by atoms with Gasteiger partial charge in [-0.15, -0.1) is 0 Å². The molecule has 2 aromatic rings. The van der Waals surface area contributed by atoms with Crippen LogP contribution in [0.15, 0.2) is 28.7 Å². The molecule has 2 rings (SSSR count). The highest BCUT2D eigenvalue weighted by molar-refractivity contribution is 5.80. The van der Waals surface area contributed by atoms with Crippen molar-refractivity contribution in [1.29, 1.82) is 0 Å². The van der Waals surface area contributed by atoms with Gasteiger partial charge in [-0.2, -0.15) is 0 Å². The van der Waals surface area contributed by atoms with E-state index in [-0.39, 0.29) is 6.04 Å². The second kappa shape index (κ2) is 6.88. The van der Waals surface area contributed by atoms with Gasteiger partial charge >= 0.3 is 0 Å². The Morgan fingerprint density at radius 2 is 2.05 bits per heavy atom. The predicted molar refractivity (Wildman–Crippen MR) is 83.4 cm³/mol. The summed E-state index contributed by atoms with van der Waals surface area (Å²) >= 11 is 0. The average Bonchev–Trinajstić information content (AvgIpc) is 2.89. The van der Waals surface area contributed by atoms with Crippen molar-refractivity contribution in [3.05, 3.63) is 35.6 Å². The smallest absolute Gasteiger partial charge is 0.137 e. The van der Waals surface area contributed by atoms with Crippen LogP contribution in [0.3, 0.4) is 0 Å². The maximum atomic E-state index is 5.99. The molecule has 0 amide bonds. The van der Waals surface area contributed by atoms with Crippen molar-refractivity contribution >= 4 is 11.0 Å². The molecule has 20 heavy (non-hydrogen) atoms. The molecule has 1 aromatic heterocycles. The van der Waals surface area contributed by atoms with Gasteiger partial charge in [0.25, 0.3) is 0 Å². The lowest BCUT2D eigenvalue weighted by atomic mass is 10.1. The van der Waals surface area contributed by atoms with Crippen LogP contribution in [0.2, 0.25) is 0 Å². The Hall–Kier alpha value is -1.36. The Labute approximate surface area is 120 Å². The van der Waals surface area contributed by atoms with Gasteiger partial charge in [0.2, 0.25) is 0 Å². The van der Waals surface area contributed by atoms with Gasteiger partial charge in [-0.25, -0.2) is 5.43 Å². The topological polar surface area (TPSA) is 54.4 Å². The van der Waals surface area contributed by atoms with E-state index in [4.69, 9.17) is 10.3 Å². The SMILES string of the molecule is CCN(CC)CCC(NN)c1cc2cccc(C)c2o1. The molecule has 1 heterocycles. The number of furan rings is 1. The predicted octanol–water partition coefficient (Wildman–Crippen LogP) is 2.98. The van der Waals surface area contributed by atoms with Crippen LogP contribution in [-0.4, -0.2) is 24.5 Å². The third-order valence-corrected chi connectivity index (χ3v) is 3.93. The summed E-state index contributed by atoms with van der Waals surface area (Å²) in [5.41, 5.74) is 5.01. The zero-order valence-corrected chi connectivity index (χ0v) is 12.6. The molecule has 1 atom stereocenters. The molecule has 0 fully saturated rings. The zero-order valence-electron chi connectivity index (χ0n) is 12.6. The van der Waals surface area contributed by atoms with Gasteiger partial charge in [0.15, 0.2) is 0 Å². The largest absolute Gasteiger partial charge is 0.459 e. The van der Waals surface area contributed by atoms with Crippen LogP contribution in [0.25, 0.3) is 11.0 Å². The van der Waals surface area contributed by atoms with Crippen molar-refractivity contribution < 1.29 is 4.42 Å². The Kier molecular flexibility index (Phi) is 5.17. The van der Waals surface area contributed by atoms with Gasteiger partial charge in [-0.1, -0.05) is 32.0 Å². The molecular weight excluding hydrogens is 250 g/mol. The molecule has 0 aliphatic heterocycles. The number of nitrogens with two attached hydrogens (primary N) is 1. The van der Waals surface area contributed by atoms with Crippen LogP contribution in [0.1, 0.15) is 37.6 Å². The molecule has 4 nitrogen and oxygen atoms in total. The molecule has 1 unspecified atom stereocenters. The molecule has 110 valence electrons. The molecule has 0 spiro atoms. The van der Waals surface area contributed by atoms with E-state index >= 15 is 0 Å². The summed E-state index contributed by atoms with van der Waals surface area (Å²) in [6.45, 7) is 9.56.